The Labute approximate surface area is 171 Å². The van der Waals surface area contributed by atoms with E-state index in [9.17, 15) is 4.79 Å². The van der Waals surface area contributed by atoms with Gasteiger partial charge in [-0.3, -0.25) is 4.79 Å². The number of anilines is 1. The summed E-state index contributed by atoms with van der Waals surface area (Å²) in [6.45, 7) is 5.84. The van der Waals surface area contributed by atoms with Crippen molar-refractivity contribution in [2.24, 2.45) is 5.41 Å². The van der Waals surface area contributed by atoms with Gasteiger partial charge >= 0.3 is 0 Å². The Morgan fingerprint density at radius 3 is 2.29 bits per heavy atom. The van der Waals surface area contributed by atoms with Gasteiger partial charge in [0.05, 0.1) is 5.69 Å². The van der Waals surface area contributed by atoms with Crippen LogP contribution in [0.3, 0.4) is 0 Å². The summed E-state index contributed by atoms with van der Waals surface area (Å²) in [7, 11) is 0. The lowest BCUT2D eigenvalue weighted by Gasteiger charge is -2.29. The van der Waals surface area contributed by atoms with E-state index in [0.29, 0.717) is 0 Å². The lowest BCUT2D eigenvalue weighted by atomic mass is 9.92. The summed E-state index contributed by atoms with van der Waals surface area (Å²) in [5.74, 6) is -0.241. The minimum atomic E-state index is -1.77. The van der Waals surface area contributed by atoms with Crippen LogP contribution in [-0.2, 0) is 4.79 Å². The van der Waals surface area contributed by atoms with Gasteiger partial charge in [0, 0.05) is 10.9 Å². The zero-order valence-electron chi connectivity index (χ0n) is 13.4. The monoisotopic (exact) mass is 473 g/mol. The van der Waals surface area contributed by atoms with Crippen molar-refractivity contribution < 1.29 is 4.79 Å². The van der Waals surface area contributed by atoms with Crippen molar-refractivity contribution in [3.63, 3.8) is 0 Å². The average Bonchev–Trinajstić information content (AvgIpc) is 2.37. The SMILES string of the molecule is CC(C)(C)CC(=O)NC(NC(=S)Nc1ccccc1Br)C(Cl)(Cl)Cl. The number of thiocarbonyl (C=S) groups is 1. The Kier molecular flexibility index (Phi) is 8.07. The van der Waals surface area contributed by atoms with Crippen molar-refractivity contribution in [3.05, 3.63) is 28.7 Å². The molecule has 1 aromatic rings. The molecule has 0 aliphatic carbocycles. The Morgan fingerprint density at radius 2 is 1.79 bits per heavy atom. The number of halogens is 4. The Balaban J connectivity index is 2.74. The highest BCUT2D eigenvalue weighted by Crippen LogP contribution is 2.30. The predicted molar refractivity (Wildman–Crippen MR) is 110 cm³/mol. The van der Waals surface area contributed by atoms with Gasteiger partial charge < -0.3 is 16.0 Å². The second-order valence-corrected chi connectivity index (χ2v) is 9.99. The molecule has 9 heteroatoms. The summed E-state index contributed by atoms with van der Waals surface area (Å²) in [6, 6.07) is 7.43. The van der Waals surface area contributed by atoms with Gasteiger partial charge in [0.25, 0.3) is 0 Å². The van der Waals surface area contributed by atoms with Crippen LogP contribution in [0.2, 0.25) is 0 Å². The quantitative estimate of drug-likeness (QED) is 0.326. The smallest absolute Gasteiger partial charge is 0.228 e. The minimum Gasteiger partial charge on any atom is -0.339 e. The topological polar surface area (TPSA) is 53.2 Å². The number of benzene rings is 1. The summed E-state index contributed by atoms with van der Waals surface area (Å²) < 4.78 is -0.941. The summed E-state index contributed by atoms with van der Waals surface area (Å²) in [6.07, 6.45) is -0.684. The summed E-state index contributed by atoms with van der Waals surface area (Å²) in [5, 5.41) is 8.68. The lowest BCUT2D eigenvalue weighted by molar-refractivity contribution is -0.123. The van der Waals surface area contributed by atoms with Crippen LogP contribution in [0, 0.1) is 5.41 Å². The zero-order valence-corrected chi connectivity index (χ0v) is 18.1. The van der Waals surface area contributed by atoms with Crippen molar-refractivity contribution >= 4 is 79.7 Å². The first-order valence-electron chi connectivity index (χ1n) is 7.06. The molecule has 134 valence electrons. The maximum atomic E-state index is 12.1. The fourth-order valence-electron chi connectivity index (χ4n) is 1.75. The second-order valence-electron chi connectivity index (χ2n) is 6.36. The van der Waals surface area contributed by atoms with Gasteiger partial charge in [-0.05, 0) is 45.7 Å². The molecule has 0 saturated heterocycles. The average molecular weight is 476 g/mol. The molecule has 0 heterocycles. The fourth-order valence-corrected chi connectivity index (χ4v) is 2.68. The maximum Gasteiger partial charge on any atom is 0.228 e. The number of nitrogens with one attached hydrogen (secondary N) is 3. The van der Waals surface area contributed by atoms with Crippen LogP contribution in [0.5, 0.6) is 0 Å². The van der Waals surface area contributed by atoms with Gasteiger partial charge in [-0.15, -0.1) is 0 Å². The molecule has 0 aromatic heterocycles. The van der Waals surface area contributed by atoms with E-state index in [-0.39, 0.29) is 22.9 Å². The molecule has 1 amide bonds. The van der Waals surface area contributed by atoms with Gasteiger partial charge in [0.15, 0.2) is 5.11 Å². The highest BCUT2D eigenvalue weighted by Gasteiger charge is 2.35. The number of rotatable bonds is 4. The third-order valence-electron chi connectivity index (χ3n) is 2.72. The third kappa shape index (κ3) is 8.21. The third-order valence-corrected chi connectivity index (χ3v) is 4.29. The van der Waals surface area contributed by atoms with Crippen LogP contribution in [0.15, 0.2) is 28.7 Å². The maximum absolute atomic E-state index is 12.1. The molecule has 0 spiro atoms. The van der Waals surface area contributed by atoms with E-state index < -0.39 is 9.96 Å². The molecule has 0 aliphatic rings. The molecule has 1 rings (SSSR count). The van der Waals surface area contributed by atoms with Gasteiger partial charge in [0.1, 0.15) is 6.17 Å². The molecular formula is C15H19BrCl3N3OS. The highest BCUT2D eigenvalue weighted by molar-refractivity contribution is 9.10. The summed E-state index contributed by atoms with van der Waals surface area (Å²) in [4.78, 5) is 12.1. The number of alkyl halides is 3. The molecule has 1 aromatic carbocycles. The van der Waals surface area contributed by atoms with E-state index in [2.05, 4.69) is 31.9 Å². The first-order chi connectivity index (χ1) is 10.9. The van der Waals surface area contributed by atoms with E-state index in [1.807, 2.05) is 45.0 Å². The minimum absolute atomic E-state index is 0.185. The van der Waals surface area contributed by atoms with Crippen LogP contribution in [0.25, 0.3) is 0 Å². The van der Waals surface area contributed by atoms with E-state index in [1.165, 1.54) is 0 Å². The number of hydrogen-bond acceptors (Lipinski definition) is 2. The van der Waals surface area contributed by atoms with Gasteiger partial charge in [-0.2, -0.15) is 0 Å². The molecule has 4 nitrogen and oxygen atoms in total. The number of para-hydroxylation sites is 1. The zero-order chi connectivity index (χ0) is 18.5. The number of carbonyl (C=O) groups excluding carboxylic acids is 1. The van der Waals surface area contributed by atoms with Gasteiger partial charge in [-0.25, -0.2) is 0 Å². The van der Waals surface area contributed by atoms with Crippen molar-refractivity contribution in [1.82, 2.24) is 10.6 Å². The van der Waals surface area contributed by atoms with E-state index in [1.54, 1.807) is 0 Å². The first-order valence-corrected chi connectivity index (χ1v) is 9.40. The molecule has 0 fully saturated rings. The number of amides is 1. The molecule has 0 radical (unpaired) electrons. The summed E-state index contributed by atoms with van der Waals surface area (Å²) in [5.41, 5.74) is 0.565. The molecule has 3 N–H and O–H groups in total. The molecular weight excluding hydrogens is 457 g/mol. The highest BCUT2D eigenvalue weighted by atomic mass is 79.9. The molecule has 0 bridgehead atoms. The van der Waals surface area contributed by atoms with E-state index >= 15 is 0 Å². The normalized spacial score (nSPS) is 13.1. The van der Waals surface area contributed by atoms with Crippen molar-refractivity contribution in [2.45, 2.75) is 37.2 Å². The van der Waals surface area contributed by atoms with Crippen molar-refractivity contribution in [1.29, 1.82) is 0 Å². The second kappa shape index (κ2) is 8.90. The Bertz CT molecular complexity index is 602. The molecule has 0 saturated carbocycles. The number of carbonyl (C=O) groups is 1. The fraction of sp³-hybridized carbons (Fsp3) is 0.467. The van der Waals surface area contributed by atoms with Crippen LogP contribution < -0.4 is 16.0 Å². The molecule has 0 aliphatic heterocycles. The lowest BCUT2D eigenvalue weighted by Crippen LogP contribution is -2.56. The van der Waals surface area contributed by atoms with Crippen LogP contribution in [-0.4, -0.2) is 21.0 Å². The standard InChI is InChI=1S/C15H19BrCl3N3OS/c1-14(2,3)8-11(23)21-12(15(17,18)19)22-13(24)20-10-7-5-4-6-9(10)16/h4-7,12H,8H2,1-3H3,(H,21,23)(H2,20,22,24). The predicted octanol–water partition coefficient (Wildman–Crippen LogP) is 4.98. The Hall–Kier alpha value is -0.270. The number of hydrogen-bond donors (Lipinski definition) is 3. The summed E-state index contributed by atoms with van der Waals surface area (Å²) >= 11 is 26.5. The largest absolute Gasteiger partial charge is 0.339 e. The molecule has 1 unspecified atom stereocenters. The van der Waals surface area contributed by atoms with Gasteiger partial charge in [-0.1, -0.05) is 67.7 Å². The first kappa shape index (κ1) is 21.8. The molecule has 1 atom stereocenters. The van der Waals surface area contributed by atoms with Crippen LogP contribution in [0.4, 0.5) is 5.69 Å². The van der Waals surface area contributed by atoms with E-state index in [4.69, 9.17) is 47.0 Å². The van der Waals surface area contributed by atoms with Crippen molar-refractivity contribution in [3.8, 4) is 0 Å². The van der Waals surface area contributed by atoms with Crippen LogP contribution >= 0.6 is 63.0 Å². The van der Waals surface area contributed by atoms with Crippen molar-refractivity contribution in [2.75, 3.05) is 5.32 Å². The Morgan fingerprint density at radius 1 is 1.21 bits per heavy atom. The van der Waals surface area contributed by atoms with Gasteiger partial charge in [0.2, 0.25) is 9.70 Å². The van der Waals surface area contributed by atoms with E-state index in [0.717, 1.165) is 10.2 Å². The van der Waals surface area contributed by atoms with Crippen LogP contribution in [0.1, 0.15) is 27.2 Å². The molecule has 24 heavy (non-hydrogen) atoms.